The molecule has 5 atom stereocenters. The van der Waals surface area contributed by atoms with Gasteiger partial charge in [0.2, 0.25) is 12.6 Å². The number of anilines is 1. The number of nitrogens with zero attached hydrogens (tertiary/aromatic N) is 2. The molecule has 88 heavy (non-hydrogen) atoms. The zero-order valence-electron chi connectivity index (χ0n) is 49.9. The fourth-order valence-electron chi connectivity index (χ4n) is 9.26. The summed E-state index contributed by atoms with van der Waals surface area (Å²) in [5.74, 6) is -6.95. The highest BCUT2D eigenvalue weighted by molar-refractivity contribution is 8.13. The van der Waals surface area contributed by atoms with Crippen molar-refractivity contribution >= 4 is 88.2 Å². The third-order valence-electron chi connectivity index (χ3n) is 14.3. The summed E-state index contributed by atoms with van der Waals surface area (Å²) in [6, 6.07) is 17.4. The number of ether oxygens (including phenoxy) is 6. The predicted octanol–water partition coefficient (Wildman–Crippen LogP) is 9.83. The molecule has 0 saturated heterocycles. The van der Waals surface area contributed by atoms with Crippen LogP contribution in [0, 0.1) is 35.0 Å². The van der Waals surface area contributed by atoms with Gasteiger partial charge in [-0.25, -0.2) is 24.4 Å². The average Bonchev–Trinajstić information content (AvgIpc) is 4.19. The van der Waals surface area contributed by atoms with E-state index in [2.05, 4.69) is 44.4 Å². The van der Waals surface area contributed by atoms with Gasteiger partial charge in [0.1, 0.15) is 28.7 Å². The minimum absolute atomic E-state index is 0.0109. The van der Waals surface area contributed by atoms with Crippen LogP contribution in [0.3, 0.4) is 0 Å². The van der Waals surface area contributed by atoms with Gasteiger partial charge in [0.05, 0.1) is 31.6 Å². The number of aromatic nitrogens is 2. The smallest absolute Gasteiger partial charge is 0.360 e. The first-order valence-corrected chi connectivity index (χ1v) is 29.2. The van der Waals surface area contributed by atoms with Crippen molar-refractivity contribution in [1.82, 2.24) is 25.9 Å². The SMILES string of the molecule is C=Cc1cc(C(=O)O)c(-c2ccc(C(=O)NCC3CC3CC(C)C(=O)OC(C)OC(=O)c3nc(C(=O)NCC4CC4)ccc3-c3cc(OC)c(C=C)cc3C(=O)Nc3ccc(C(=N)NC(=O)SCC)cc3)nc2C(=O)OC(C)OC(=O)C(C)C)cc1OC. The number of amidine groups is 1. The van der Waals surface area contributed by atoms with Gasteiger partial charge in [0, 0.05) is 77.1 Å². The molecule has 2 saturated carbocycles. The molecule has 2 heterocycles. The number of amides is 4. The quantitative estimate of drug-likeness (QED) is 0.0123. The van der Waals surface area contributed by atoms with Crippen molar-refractivity contribution in [3.63, 3.8) is 0 Å². The molecule has 462 valence electrons. The Morgan fingerprint density at radius 2 is 1.17 bits per heavy atom. The Morgan fingerprint density at radius 1 is 0.659 bits per heavy atom. The molecule has 4 amide bonds. The van der Waals surface area contributed by atoms with Crippen LogP contribution in [0.15, 0.2) is 86.0 Å². The zero-order valence-corrected chi connectivity index (χ0v) is 50.7. The lowest BCUT2D eigenvalue weighted by Gasteiger charge is -2.19. The topological polar surface area (TPSA) is 327 Å². The first kappa shape index (κ1) is 65.8. The third-order valence-corrected chi connectivity index (χ3v) is 14.9. The van der Waals surface area contributed by atoms with Crippen molar-refractivity contribution in [2.75, 3.05) is 38.4 Å². The van der Waals surface area contributed by atoms with Crippen molar-refractivity contribution in [3.05, 3.63) is 137 Å². The third kappa shape index (κ3) is 16.8. The summed E-state index contributed by atoms with van der Waals surface area (Å²) in [4.78, 5) is 129. The number of aromatic carboxylic acids is 1. The Hall–Kier alpha value is -9.71. The van der Waals surface area contributed by atoms with Gasteiger partial charge in [-0.15, -0.1) is 0 Å². The van der Waals surface area contributed by atoms with E-state index in [0.717, 1.165) is 24.6 Å². The van der Waals surface area contributed by atoms with Crippen molar-refractivity contribution in [2.45, 2.75) is 79.8 Å². The number of carbonyl (C=O) groups is 9. The summed E-state index contributed by atoms with van der Waals surface area (Å²) >= 11 is 1.02. The van der Waals surface area contributed by atoms with Gasteiger partial charge in [-0.2, -0.15) is 0 Å². The highest BCUT2D eigenvalue weighted by Gasteiger charge is 2.40. The fourth-order valence-corrected chi connectivity index (χ4v) is 9.69. The van der Waals surface area contributed by atoms with E-state index in [1.165, 1.54) is 88.8 Å². The van der Waals surface area contributed by atoms with Gasteiger partial charge < -0.3 is 54.8 Å². The number of methoxy groups -OCH3 is 2. The van der Waals surface area contributed by atoms with E-state index in [0.29, 0.717) is 53.4 Å². The van der Waals surface area contributed by atoms with Crippen LogP contribution in [0.25, 0.3) is 34.4 Å². The lowest BCUT2D eigenvalue weighted by molar-refractivity contribution is -0.171. The molecule has 7 rings (SSSR count). The number of carboxylic acid groups (broad SMARTS) is 1. The number of carboxylic acids is 1. The van der Waals surface area contributed by atoms with Gasteiger partial charge in [0.25, 0.3) is 23.0 Å². The van der Waals surface area contributed by atoms with Crippen molar-refractivity contribution in [3.8, 4) is 33.8 Å². The molecule has 23 nitrogen and oxygen atoms in total. The zero-order chi connectivity index (χ0) is 64.1. The Labute approximate surface area is 512 Å². The standard InChI is InChI=1S/C64H69N7O16S/c1-11-37-26-47(56(72)68-42-18-16-39(17-19-42)55(65)71-64(81)88-13-3)45(28-51(37)82-9)43-20-22-49(57(73)66-30-36-14-15-36)69-53(43)62(79)87-35(8)85-61(78)33(6)24-40-25-41(40)31-67-58(74)50-23-21-44(46-29-52(83-10)38(12-2)27-48(46)59(75)76)54(70-50)63(80)86-34(7)84-60(77)32(4)5/h11-12,16-23,26-29,32-36,40-41H,1-2,13-15,24-25,30-31H2,3-10H3,(H,66,73)(H,67,74)(H,68,72)(H,75,76)(H2,65,71,81). The first-order valence-electron chi connectivity index (χ1n) is 28.3. The molecular formula is C64H69N7O16S. The number of pyridine rings is 2. The second-order valence-electron chi connectivity index (χ2n) is 21.2. The summed E-state index contributed by atoms with van der Waals surface area (Å²) < 4.78 is 33.1. The van der Waals surface area contributed by atoms with Crippen LogP contribution in [0.1, 0.15) is 147 Å². The maximum absolute atomic E-state index is 14.4. The number of rotatable bonds is 27. The molecule has 5 aromatic rings. The molecule has 6 N–H and O–H groups in total. The number of hydrogen-bond donors (Lipinski definition) is 6. The Morgan fingerprint density at radius 3 is 1.66 bits per heavy atom. The van der Waals surface area contributed by atoms with E-state index in [-0.39, 0.29) is 91.4 Å². The highest BCUT2D eigenvalue weighted by atomic mass is 32.2. The van der Waals surface area contributed by atoms with Gasteiger partial charge in [-0.05, 0) is 122 Å². The molecule has 24 heteroatoms. The number of hydrogen-bond acceptors (Lipinski definition) is 19. The molecule has 0 radical (unpaired) electrons. The second-order valence-corrected chi connectivity index (χ2v) is 22.4. The van der Waals surface area contributed by atoms with Gasteiger partial charge >= 0.3 is 29.8 Å². The number of nitrogens with one attached hydrogen (secondary N) is 5. The molecule has 5 unspecified atom stereocenters. The van der Waals surface area contributed by atoms with Crippen molar-refractivity contribution < 1.29 is 76.7 Å². The highest BCUT2D eigenvalue weighted by Crippen LogP contribution is 2.43. The molecule has 2 aliphatic rings. The Kier molecular flexibility index (Phi) is 22.1. The predicted molar refractivity (Wildman–Crippen MR) is 327 cm³/mol. The maximum atomic E-state index is 14.4. The van der Waals surface area contributed by atoms with Gasteiger partial charge in [-0.3, -0.25) is 34.2 Å². The van der Waals surface area contributed by atoms with Crippen LogP contribution in [-0.4, -0.2) is 119 Å². The summed E-state index contributed by atoms with van der Waals surface area (Å²) in [6.07, 6.45) is 2.88. The normalized spacial score (nSPS) is 15.0. The number of benzene rings is 3. The lowest BCUT2D eigenvalue weighted by Crippen LogP contribution is -2.29. The molecule has 3 aromatic carbocycles. The van der Waals surface area contributed by atoms with Crippen molar-refractivity contribution in [2.24, 2.45) is 29.6 Å². The van der Waals surface area contributed by atoms with Crippen LogP contribution < -0.4 is 30.7 Å². The largest absolute Gasteiger partial charge is 0.496 e. The van der Waals surface area contributed by atoms with E-state index in [1.54, 1.807) is 45.0 Å². The second kappa shape index (κ2) is 29.6. The van der Waals surface area contributed by atoms with Crippen molar-refractivity contribution in [1.29, 1.82) is 5.41 Å². The van der Waals surface area contributed by atoms with Crippen LogP contribution in [-0.2, 0) is 28.5 Å². The summed E-state index contributed by atoms with van der Waals surface area (Å²) in [5, 5.41) is 29.1. The number of esters is 4. The van der Waals surface area contributed by atoms with E-state index >= 15 is 0 Å². The number of carbonyl (C=O) groups excluding carboxylic acids is 8. The van der Waals surface area contributed by atoms with Crippen LogP contribution in [0.5, 0.6) is 11.5 Å². The minimum atomic E-state index is -1.48. The first-order chi connectivity index (χ1) is 42.0. The molecule has 0 aliphatic heterocycles. The molecule has 2 aromatic heterocycles. The van der Waals surface area contributed by atoms with Crippen LogP contribution in [0.4, 0.5) is 10.5 Å². The maximum Gasteiger partial charge on any atom is 0.360 e. The average molecular weight is 1220 g/mol. The summed E-state index contributed by atoms with van der Waals surface area (Å²) in [6.45, 7) is 17.4. The minimum Gasteiger partial charge on any atom is -0.496 e. The monoisotopic (exact) mass is 1220 g/mol. The van der Waals surface area contributed by atoms with Crippen LogP contribution in [0.2, 0.25) is 0 Å². The van der Waals surface area contributed by atoms with E-state index in [4.69, 9.17) is 33.8 Å². The van der Waals surface area contributed by atoms with Gasteiger partial charge in [-0.1, -0.05) is 64.8 Å². The lowest BCUT2D eigenvalue weighted by atomic mass is 9.94. The fraction of sp³-hybridized carbons (Fsp3) is 0.344. The summed E-state index contributed by atoms with van der Waals surface area (Å²) in [7, 11) is 2.78. The summed E-state index contributed by atoms with van der Waals surface area (Å²) in [5.41, 5.74) is 0.299. The molecular weight excluding hydrogens is 1150 g/mol. The molecule has 0 spiro atoms. The Bertz CT molecular complexity index is 3580. The molecule has 2 aliphatic carbocycles. The van der Waals surface area contributed by atoms with Crippen LogP contribution >= 0.6 is 11.8 Å². The number of thioether (sulfide) groups is 1. The molecule has 0 bridgehead atoms. The molecule has 2 fully saturated rings. The van der Waals surface area contributed by atoms with E-state index < -0.39 is 77.7 Å². The Balaban J connectivity index is 1.04. The van der Waals surface area contributed by atoms with Gasteiger partial charge in [0.15, 0.2) is 11.4 Å². The van der Waals surface area contributed by atoms with E-state index in [1.807, 2.05) is 6.92 Å². The van der Waals surface area contributed by atoms with E-state index in [9.17, 15) is 48.3 Å².